The van der Waals surface area contributed by atoms with Crippen LogP contribution >= 0.6 is 0 Å². The Balaban J connectivity index is 1.75. The van der Waals surface area contributed by atoms with Gasteiger partial charge < -0.3 is 15.0 Å². The maximum atomic E-state index is 12.0. The van der Waals surface area contributed by atoms with E-state index >= 15 is 0 Å². The number of piperazine rings is 1. The Hall–Kier alpha value is -2.68. The molecule has 0 atom stereocenters. The van der Waals surface area contributed by atoms with Crippen molar-refractivity contribution in [3.05, 3.63) is 39.9 Å². The van der Waals surface area contributed by atoms with E-state index in [1.54, 1.807) is 4.90 Å². The molecule has 0 aliphatic carbocycles. The van der Waals surface area contributed by atoms with E-state index in [0.717, 1.165) is 0 Å². The Labute approximate surface area is 139 Å². The number of hydrogen-bond acceptors (Lipinski definition) is 6. The van der Waals surface area contributed by atoms with Crippen molar-refractivity contribution in [1.29, 1.82) is 0 Å². The van der Waals surface area contributed by atoms with Crippen molar-refractivity contribution in [2.24, 2.45) is 0 Å². The first-order valence-electron chi connectivity index (χ1n) is 7.59. The number of nitrogens with zero attached hydrogens (tertiary/aromatic N) is 3. The van der Waals surface area contributed by atoms with E-state index in [1.165, 1.54) is 31.4 Å². The lowest BCUT2D eigenvalue weighted by atomic mass is 10.2. The molecule has 1 fully saturated rings. The van der Waals surface area contributed by atoms with Gasteiger partial charge in [-0.15, -0.1) is 0 Å². The number of benzene rings is 1. The third-order valence-corrected chi connectivity index (χ3v) is 3.84. The molecule has 2 rings (SSSR count). The van der Waals surface area contributed by atoms with Gasteiger partial charge in [0.1, 0.15) is 0 Å². The smallest absolute Gasteiger partial charge is 0.409 e. The van der Waals surface area contributed by atoms with Crippen molar-refractivity contribution in [2.45, 2.75) is 0 Å². The molecule has 130 valence electrons. The van der Waals surface area contributed by atoms with E-state index in [-0.39, 0.29) is 23.3 Å². The number of nitrogens with one attached hydrogen (secondary N) is 1. The predicted molar refractivity (Wildman–Crippen MR) is 85.8 cm³/mol. The minimum Gasteiger partial charge on any atom is -0.453 e. The molecule has 0 unspecified atom stereocenters. The van der Waals surface area contributed by atoms with Crippen molar-refractivity contribution in [3.8, 4) is 0 Å². The number of nitro groups is 1. The summed E-state index contributed by atoms with van der Waals surface area (Å²) in [5.74, 6) is -0.341. The maximum absolute atomic E-state index is 12.0. The summed E-state index contributed by atoms with van der Waals surface area (Å²) in [7, 11) is 1.36. The van der Waals surface area contributed by atoms with Crippen LogP contribution in [-0.4, -0.2) is 73.1 Å². The Morgan fingerprint density at radius 3 is 2.62 bits per heavy atom. The standard InChI is InChI=1S/C15H20N4O5/c1-24-15(21)18-9-7-17(8-10-18)6-5-16-14(20)12-3-2-4-13(11-12)19(22)23/h2-4,11H,5-10H2,1H3,(H,16,20). The Bertz CT molecular complexity index is 614. The summed E-state index contributed by atoms with van der Waals surface area (Å²) in [6.45, 7) is 3.68. The lowest BCUT2D eigenvalue weighted by molar-refractivity contribution is -0.384. The lowest BCUT2D eigenvalue weighted by Gasteiger charge is -2.33. The second-order valence-electron chi connectivity index (χ2n) is 5.36. The average Bonchev–Trinajstić information content (AvgIpc) is 2.61. The van der Waals surface area contributed by atoms with E-state index in [4.69, 9.17) is 0 Å². The third-order valence-electron chi connectivity index (χ3n) is 3.84. The van der Waals surface area contributed by atoms with Gasteiger partial charge in [0.15, 0.2) is 0 Å². The normalized spacial score (nSPS) is 15.0. The average molecular weight is 336 g/mol. The molecule has 1 saturated heterocycles. The van der Waals surface area contributed by atoms with E-state index < -0.39 is 4.92 Å². The highest BCUT2D eigenvalue weighted by Gasteiger charge is 2.21. The van der Waals surface area contributed by atoms with Gasteiger partial charge in [-0.2, -0.15) is 0 Å². The summed E-state index contributed by atoms with van der Waals surface area (Å²) < 4.78 is 4.68. The van der Waals surface area contributed by atoms with Crippen molar-refractivity contribution >= 4 is 17.7 Å². The van der Waals surface area contributed by atoms with Crippen LogP contribution in [0.25, 0.3) is 0 Å². The van der Waals surface area contributed by atoms with Crippen LogP contribution < -0.4 is 5.32 Å². The third kappa shape index (κ3) is 4.66. The molecule has 0 spiro atoms. The summed E-state index contributed by atoms with van der Waals surface area (Å²) in [6, 6.07) is 5.62. The molecule has 24 heavy (non-hydrogen) atoms. The zero-order chi connectivity index (χ0) is 17.5. The monoisotopic (exact) mass is 336 g/mol. The minimum atomic E-state index is -0.530. The zero-order valence-corrected chi connectivity index (χ0v) is 13.4. The number of hydrogen-bond donors (Lipinski definition) is 1. The molecule has 9 heteroatoms. The Kier molecular flexibility index (Phi) is 6.07. The molecule has 9 nitrogen and oxygen atoms in total. The fourth-order valence-corrected chi connectivity index (χ4v) is 2.47. The largest absolute Gasteiger partial charge is 0.453 e. The van der Waals surface area contributed by atoms with Gasteiger partial charge in [-0.05, 0) is 6.07 Å². The van der Waals surface area contributed by atoms with Crippen LogP contribution in [0.4, 0.5) is 10.5 Å². The number of amides is 2. The fraction of sp³-hybridized carbons (Fsp3) is 0.467. The number of carbonyl (C=O) groups excluding carboxylic acids is 2. The van der Waals surface area contributed by atoms with Gasteiger partial charge >= 0.3 is 6.09 Å². The van der Waals surface area contributed by atoms with Crippen LogP contribution in [0.1, 0.15) is 10.4 Å². The second-order valence-corrected chi connectivity index (χ2v) is 5.36. The number of nitro benzene ring substituents is 1. The second kappa shape index (κ2) is 8.25. The minimum absolute atomic E-state index is 0.110. The number of non-ortho nitro benzene ring substituents is 1. The summed E-state index contributed by atoms with van der Waals surface area (Å²) >= 11 is 0. The highest BCUT2D eigenvalue weighted by atomic mass is 16.6. The first-order chi connectivity index (χ1) is 11.5. The molecule has 1 heterocycles. The summed E-state index contributed by atoms with van der Waals surface area (Å²) in [4.78, 5) is 37.4. The van der Waals surface area contributed by atoms with Crippen LogP contribution in [0.3, 0.4) is 0 Å². The molecule has 2 amide bonds. The van der Waals surface area contributed by atoms with Crippen molar-refractivity contribution in [2.75, 3.05) is 46.4 Å². The molecule has 1 aromatic rings. The quantitative estimate of drug-likeness (QED) is 0.627. The van der Waals surface area contributed by atoms with E-state index in [0.29, 0.717) is 39.3 Å². The van der Waals surface area contributed by atoms with Crippen molar-refractivity contribution in [1.82, 2.24) is 15.1 Å². The van der Waals surface area contributed by atoms with Crippen molar-refractivity contribution in [3.63, 3.8) is 0 Å². The molecule has 1 aliphatic rings. The summed E-state index contributed by atoms with van der Waals surface area (Å²) in [5.41, 5.74) is 0.154. The van der Waals surface area contributed by atoms with Gasteiger partial charge in [-0.3, -0.25) is 19.8 Å². The topological polar surface area (TPSA) is 105 Å². The molecular weight excluding hydrogens is 316 g/mol. The van der Waals surface area contributed by atoms with Crippen LogP contribution in [0.15, 0.2) is 24.3 Å². The first-order valence-corrected chi connectivity index (χ1v) is 7.59. The highest BCUT2D eigenvalue weighted by Crippen LogP contribution is 2.12. The summed E-state index contributed by atoms with van der Waals surface area (Å²) in [5, 5.41) is 13.5. The van der Waals surface area contributed by atoms with E-state index in [9.17, 15) is 19.7 Å². The molecule has 0 aromatic heterocycles. The lowest BCUT2D eigenvalue weighted by Crippen LogP contribution is -2.50. The predicted octanol–water partition coefficient (Wildman–Crippen LogP) is 0.709. The number of rotatable bonds is 5. The van der Waals surface area contributed by atoms with Gasteiger partial charge in [0, 0.05) is 57.0 Å². The van der Waals surface area contributed by atoms with Gasteiger partial charge in [0.25, 0.3) is 11.6 Å². The number of carbonyl (C=O) groups is 2. The molecule has 0 bridgehead atoms. The van der Waals surface area contributed by atoms with Crippen molar-refractivity contribution < 1.29 is 19.2 Å². The zero-order valence-electron chi connectivity index (χ0n) is 13.4. The van der Waals surface area contributed by atoms with E-state index in [1.807, 2.05) is 0 Å². The SMILES string of the molecule is COC(=O)N1CCN(CCNC(=O)c2cccc([N+](=O)[O-])c2)CC1. The Morgan fingerprint density at radius 2 is 2.00 bits per heavy atom. The van der Waals surface area contributed by atoms with Gasteiger partial charge in [0.2, 0.25) is 0 Å². The van der Waals surface area contributed by atoms with Gasteiger partial charge in [0.05, 0.1) is 12.0 Å². The van der Waals surface area contributed by atoms with Crippen LogP contribution in [-0.2, 0) is 4.74 Å². The maximum Gasteiger partial charge on any atom is 0.409 e. The molecule has 1 N–H and O–H groups in total. The first kappa shape index (κ1) is 17.7. The highest BCUT2D eigenvalue weighted by molar-refractivity contribution is 5.94. The van der Waals surface area contributed by atoms with Gasteiger partial charge in [-0.25, -0.2) is 4.79 Å². The van der Waals surface area contributed by atoms with Crippen LogP contribution in [0.2, 0.25) is 0 Å². The Morgan fingerprint density at radius 1 is 1.29 bits per heavy atom. The fourth-order valence-electron chi connectivity index (χ4n) is 2.47. The molecule has 0 saturated carbocycles. The van der Waals surface area contributed by atoms with Gasteiger partial charge in [-0.1, -0.05) is 6.07 Å². The van der Waals surface area contributed by atoms with Crippen LogP contribution in [0.5, 0.6) is 0 Å². The molecule has 0 radical (unpaired) electrons. The molecular formula is C15H20N4O5. The number of ether oxygens (including phenoxy) is 1. The van der Waals surface area contributed by atoms with Crippen LogP contribution in [0, 0.1) is 10.1 Å². The number of methoxy groups -OCH3 is 1. The van der Waals surface area contributed by atoms with E-state index in [2.05, 4.69) is 15.0 Å². The molecule has 1 aliphatic heterocycles. The molecule has 1 aromatic carbocycles. The summed E-state index contributed by atoms with van der Waals surface area (Å²) in [6.07, 6.45) is -0.325.